The van der Waals surface area contributed by atoms with Gasteiger partial charge in [0.1, 0.15) is 0 Å². The summed E-state index contributed by atoms with van der Waals surface area (Å²) >= 11 is 4.87. The van der Waals surface area contributed by atoms with Crippen LogP contribution in [-0.2, 0) is 25.2 Å². The third kappa shape index (κ3) is 13.2. The minimum atomic E-state index is -3.71. The van der Waals surface area contributed by atoms with Crippen LogP contribution in [0.1, 0.15) is 38.5 Å². The van der Waals surface area contributed by atoms with E-state index in [9.17, 15) is 9.59 Å². The van der Waals surface area contributed by atoms with Gasteiger partial charge >= 0.3 is 168 Å². The zero-order valence-electron chi connectivity index (χ0n) is 15.7. The summed E-state index contributed by atoms with van der Waals surface area (Å²) in [6.45, 7) is 1.32. The molecule has 0 aromatic heterocycles. The summed E-state index contributed by atoms with van der Waals surface area (Å²) in [4.78, 5) is 27.7. The van der Waals surface area contributed by atoms with Crippen molar-refractivity contribution in [2.24, 2.45) is 0 Å². The van der Waals surface area contributed by atoms with Gasteiger partial charge in [0.25, 0.3) is 0 Å². The summed E-state index contributed by atoms with van der Waals surface area (Å²) in [7, 11) is 3.29. The van der Waals surface area contributed by atoms with Crippen molar-refractivity contribution in [1.82, 2.24) is 0 Å². The number of carbonyl (C=O) groups excluding carboxylic acids is 2. The molecule has 25 heavy (non-hydrogen) atoms. The molecule has 0 fully saturated rings. The Morgan fingerprint density at radius 3 is 1.48 bits per heavy atom. The van der Waals surface area contributed by atoms with E-state index in [0.717, 1.165) is 25.7 Å². The van der Waals surface area contributed by atoms with Gasteiger partial charge in [-0.15, -0.1) is 0 Å². The van der Waals surface area contributed by atoms with Crippen LogP contribution in [0.2, 0.25) is 9.88 Å². The van der Waals surface area contributed by atoms with Crippen LogP contribution in [0.15, 0.2) is 0 Å². The van der Waals surface area contributed by atoms with E-state index >= 15 is 0 Å². The van der Waals surface area contributed by atoms with Crippen LogP contribution in [-0.4, -0.2) is 69.1 Å². The van der Waals surface area contributed by atoms with Gasteiger partial charge in [0.15, 0.2) is 0 Å². The number of methoxy groups -OCH3 is 2. The molecule has 0 aromatic carbocycles. The van der Waals surface area contributed by atoms with Crippen LogP contribution < -0.4 is 0 Å². The monoisotopic (exact) mass is 504 g/mol. The Morgan fingerprint density at radius 1 is 0.800 bits per heavy atom. The van der Waals surface area contributed by atoms with Gasteiger partial charge < -0.3 is 0 Å². The molecule has 0 saturated heterocycles. The summed E-state index contributed by atoms with van der Waals surface area (Å²) in [5.74, 6) is -0.824. The van der Waals surface area contributed by atoms with Gasteiger partial charge in [-0.05, 0) is 0 Å². The second-order valence-corrected chi connectivity index (χ2v) is 16.7. The van der Waals surface area contributed by atoms with Crippen molar-refractivity contribution in [3.05, 3.63) is 0 Å². The van der Waals surface area contributed by atoms with Gasteiger partial charge in [-0.25, -0.2) is 0 Å². The summed E-state index contributed by atoms with van der Waals surface area (Å²) in [6, 6.07) is 0. The van der Waals surface area contributed by atoms with Crippen molar-refractivity contribution >= 4 is 56.4 Å². The summed E-state index contributed by atoms with van der Waals surface area (Å²) in [6.07, 6.45) is 4.60. The summed E-state index contributed by atoms with van der Waals surface area (Å²) in [5, 5.41) is -1.01. The predicted octanol–water partition coefficient (Wildman–Crippen LogP) is 3.00. The van der Waals surface area contributed by atoms with E-state index in [1.807, 2.05) is 0 Å². The fourth-order valence-electron chi connectivity index (χ4n) is 2.05. The van der Waals surface area contributed by atoms with Gasteiger partial charge in [-0.1, -0.05) is 0 Å². The normalized spacial score (nSPS) is 14.0. The van der Waals surface area contributed by atoms with E-state index in [2.05, 4.69) is 25.3 Å². The number of rotatable bonds is 14. The Kier molecular flexibility index (Phi) is 14.6. The van der Waals surface area contributed by atoms with Gasteiger partial charge in [0.2, 0.25) is 0 Å². The van der Waals surface area contributed by atoms with E-state index in [-0.39, 0.29) is 0 Å². The van der Waals surface area contributed by atoms with Crippen LogP contribution in [0.25, 0.3) is 0 Å². The standard InChI is InChI=1S/2C7H14O3S.2CH3.Sn/c2*1-10-5-3-2-4-6(11)7(8)9;;;/h2*6,11H,2-5H2,1H3,(H,8,9);2*1H3;/q;;;;+2/p-2. The second kappa shape index (κ2) is 14.4. The average molecular weight is 503 g/mol. The van der Waals surface area contributed by atoms with Gasteiger partial charge in [0, 0.05) is 0 Å². The Hall–Kier alpha value is 0.359. The zero-order chi connectivity index (χ0) is 19.3. The number of hydrogen-bond donors (Lipinski definition) is 2. The van der Waals surface area contributed by atoms with Crippen molar-refractivity contribution in [3.63, 3.8) is 0 Å². The van der Waals surface area contributed by atoms with Crippen LogP contribution in [0.3, 0.4) is 0 Å². The average Bonchev–Trinajstić information content (AvgIpc) is 2.54. The van der Waals surface area contributed by atoms with Crippen LogP contribution in [0.5, 0.6) is 0 Å². The fourth-order valence-corrected chi connectivity index (χ4v) is 6.78. The van der Waals surface area contributed by atoms with Gasteiger partial charge in [-0.3, -0.25) is 0 Å². The number of unbranched alkanes of at least 4 members (excludes halogenated alkanes) is 2. The molecule has 0 N–H and O–H groups in total. The number of thiol groups is 2. The molecule has 2 atom stereocenters. The summed E-state index contributed by atoms with van der Waals surface area (Å²) in [5.41, 5.74) is 0. The van der Waals surface area contributed by atoms with E-state index in [1.54, 1.807) is 24.1 Å². The van der Waals surface area contributed by atoms with Crippen molar-refractivity contribution < 1.29 is 25.2 Å². The molecule has 0 bridgehead atoms. The van der Waals surface area contributed by atoms with Crippen LogP contribution in [0.4, 0.5) is 0 Å². The Bertz CT molecular complexity index is 361. The zero-order valence-corrected chi connectivity index (χ0v) is 20.3. The fraction of sp³-hybridized carbons (Fsp3) is 0.875. The molecular formula is C16H32O6S2Sn. The molecule has 2 unspecified atom stereocenters. The first kappa shape index (κ1) is 25.4. The maximum absolute atomic E-state index is 12.1. The molecule has 0 aliphatic heterocycles. The molecule has 148 valence electrons. The molecule has 0 aromatic rings. The SMILES string of the molecule is COCCCCC(S)C(=O)[O][Sn]([CH3])([CH3])[O]C(=O)C(S)CCCCOC. The van der Waals surface area contributed by atoms with Crippen molar-refractivity contribution in [2.75, 3.05) is 27.4 Å². The van der Waals surface area contributed by atoms with Gasteiger partial charge in [-0.2, -0.15) is 0 Å². The number of carbonyl (C=O) groups is 2. The van der Waals surface area contributed by atoms with Crippen molar-refractivity contribution in [1.29, 1.82) is 0 Å². The van der Waals surface area contributed by atoms with E-state index in [0.29, 0.717) is 26.1 Å². The Balaban J connectivity index is 4.23. The first-order chi connectivity index (χ1) is 11.7. The second-order valence-electron chi connectivity index (χ2n) is 6.25. The maximum atomic E-state index is 12.1. The Morgan fingerprint density at radius 2 is 1.16 bits per heavy atom. The molecule has 0 radical (unpaired) electrons. The molecule has 0 aliphatic carbocycles. The molecule has 0 spiro atoms. The number of ether oxygens (including phenoxy) is 2. The molecule has 0 aliphatic rings. The first-order valence-corrected chi connectivity index (χ1v) is 17.6. The molecule has 0 saturated carbocycles. The quantitative estimate of drug-likeness (QED) is 0.216. The van der Waals surface area contributed by atoms with Crippen molar-refractivity contribution in [2.45, 2.75) is 58.9 Å². The third-order valence-electron chi connectivity index (χ3n) is 3.39. The van der Waals surface area contributed by atoms with E-state index in [4.69, 9.17) is 15.6 Å². The Labute approximate surface area is 167 Å². The topological polar surface area (TPSA) is 71.1 Å². The van der Waals surface area contributed by atoms with Crippen LogP contribution in [0, 0.1) is 0 Å². The van der Waals surface area contributed by atoms with E-state index < -0.39 is 41.6 Å². The molecule has 0 amide bonds. The predicted molar refractivity (Wildman–Crippen MR) is 107 cm³/mol. The van der Waals surface area contributed by atoms with E-state index in [1.165, 1.54) is 0 Å². The summed E-state index contributed by atoms with van der Waals surface area (Å²) < 4.78 is 20.9. The molecule has 0 heterocycles. The molecular weight excluding hydrogens is 471 g/mol. The van der Waals surface area contributed by atoms with Gasteiger partial charge in [0.05, 0.1) is 0 Å². The van der Waals surface area contributed by atoms with Crippen molar-refractivity contribution in [3.8, 4) is 0 Å². The number of hydrogen-bond acceptors (Lipinski definition) is 8. The minimum absolute atomic E-state index is 0.412. The third-order valence-corrected chi connectivity index (χ3v) is 8.28. The molecule has 0 rings (SSSR count). The molecule has 9 heteroatoms. The first-order valence-electron chi connectivity index (χ1n) is 8.53. The molecule has 6 nitrogen and oxygen atoms in total. The van der Waals surface area contributed by atoms with Crippen LogP contribution >= 0.6 is 25.3 Å².